The number of anilines is 1. The molecule has 1 N–H and O–H groups in total. The van der Waals surface area contributed by atoms with Gasteiger partial charge in [-0.25, -0.2) is 0 Å². The third kappa shape index (κ3) is 2.73. The largest absolute Gasteiger partial charge is 0.425 e. The summed E-state index contributed by atoms with van der Waals surface area (Å²) in [5.74, 6) is -0.494. The summed E-state index contributed by atoms with van der Waals surface area (Å²) in [4.78, 5) is 11.6. The molecule has 1 unspecified atom stereocenters. The standard InChI is InChI=1S/C15H13ClF3NO2/c16-10-3-4-12-11(7-10)14(15(17,18)19,6-5-9-1-2-9)22-8-13(21)20-12/h3-7,9H,1-2,8H2,(H,20,21)/b6-5+. The van der Waals surface area contributed by atoms with Gasteiger partial charge < -0.3 is 10.1 Å². The van der Waals surface area contributed by atoms with Crippen LogP contribution in [0.3, 0.4) is 0 Å². The Balaban J connectivity index is 2.19. The Morgan fingerprint density at radius 2 is 2.09 bits per heavy atom. The van der Waals surface area contributed by atoms with Crippen LogP contribution in [0.5, 0.6) is 0 Å². The van der Waals surface area contributed by atoms with Crippen molar-refractivity contribution in [2.45, 2.75) is 24.6 Å². The van der Waals surface area contributed by atoms with Gasteiger partial charge in [-0.1, -0.05) is 17.7 Å². The maximum absolute atomic E-state index is 13.8. The second kappa shape index (κ2) is 5.28. The van der Waals surface area contributed by atoms with E-state index in [1.165, 1.54) is 24.3 Å². The molecule has 0 aromatic heterocycles. The van der Waals surface area contributed by atoms with Crippen LogP contribution in [0.1, 0.15) is 18.4 Å². The van der Waals surface area contributed by atoms with Crippen LogP contribution in [0.4, 0.5) is 18.9 Å². The van der Waals surface area contributed by atoms with Gasteiger partial charge in [-0.3, -0.25) is 4.79 Å². The first-order chi connectivity index (χ1) is 10.3. The number of carbonyl (C=O) groups excluding carboxylic acids is 1. The van der Waals surface area contributed by atoms with Crippen molar-refractivity contribution in [1.82, 2.24) is 0 Å². The summed E-state index contributed by atoms with van der Waals surface area (Å²) in [6.07, 6.45) is -0.466. The SMILES string of the molecule is O=C1COC(/C=C/C2CC2)(C(F)(F)F)c2cc(Cl)ccc2N1. The van der Waals surface area contributed by atoms with Gasteiger partial charge >= 0.3 is 6.18 Å². The van der Waals surface area contributed by atoms with E-state index in [1.54, 1.807) is 0 Å². The fourth-order valence-corrected chi connectivity index (χ4v) is 2.58. The molecule has 0 radical (unpaired) electrons. The Hall–Kier alpha value is -1.53. The number of rotatable bonds is 2. The summed E-state index contributed by atoms with van der Waals surface area (Å²) in [6.45, 7) is -0.680. The van der Waals surface area contributed by atoms with E-state index < -0.39 is 24.3 Å². The highest BCUT2D eigenvalue weighted by Crippen LogP contribution is 2.48. The Bertz CT molecular complexity index is 640. The zero-order chi connectivity index (χ0) is 16.0. The zero-order valence-electron chi connectivity index (χ0n) is 11.4. The summed E-state index contributed by atoms with van der Waals surface area (Å²) in [5, 5.41) is 2.57. The molecule has 3 rings (SSSR count). The lowest BCUT2D eigenvalue weighted by Crippen LogP contribution is -2.43. The van der Waals surface area contributed by atoms with E-state index in [4.69, 9.17) is 16.3 Å². The van der Waals surface area contributed by atoms with E-state index in [9.17, 15) is 18.0 Å². The maximum atomic E-state index is 13.8. The lowest BCUT2D eigenvalue weighted by molar-refractivity contribution is -0.260. The van der Waals surface area contributed by atoms with Crippen LogP contribution in [-0.4, -0.2) is 18.7 Å². The molecule has 1 aromatic carbocycles. The molecule has 2 aliphatic rings. The number of hydrogen-bond acceptors (Lipinski definition) is 2. The van der Waals surface area contributed by atoms with E-state index in [0.717, 1.165) is 18.9 Å². The highest BCUT2D eigenvalue weighted by atomic mass is 35.5. The molecular weight excluding hydrogens is 319 g/mol. The number of halogens is 4. The fraction of sp³-hybridized carbons (Fsp3) is 0.400. The number of ether oxygens (including phenoxy) is 1. The van der Waals surface area contributed by atoms with Crippen LogP contribution in [-0.2, 0) is 15.1 Å². The topological polar surface area (TPSA) is 38.3 Å². The second-order valence-electron chi connectivity index (χ2n) is 5.46. The van der Waals surface area contributed by atoms with Gasteiger partial charge in [-0.15, -0.1) is 0 Å². The number of carbonyl (C=O) groups is 1. The highest BCUT2D eigenvalue weighted by Gasteiger charge is 2.58. The zero-order valence-corrected chi connectivity index (χ0v) is 12.2. The third-order valence-corrected chi connectivity index (χ3v) is 3.97. The molecule has 3 nitrogen and oxygen atoms in total. The Labute approximate surface area is 130 Å². The van der Waals surface area contributed by atoms with Crippen LogP contribution in [0.25, 0.3) is 0 Å². The Morgan fingerprint density at radius 1 is 1.36 bits per heavy atom. The van der Waals surface area contributed by atoms with Gasteiger partial charge in [0.05, 0.1) is 0 Å². The number of hydrogen-bond donors (Lipinski definition) is 1. The van der Waals surface area contributed by atoms with Gasteiger partial charge in [0, 0.05) is 16.3 Å². The van der Waals surface area contributed by atoms with Crippen molar-refractivity contribution in [1.29, 1.82) is 0 Å². The summed E-state index contributed by atoms with van der Waals surface area (Å²) >= 11 is 5.86. The van der Waals surface area contributed by atoms with Gasteiger partial charge in [-0.05, 0) is 43.0 Å². The number of amides is 1. The lowest BCUT2D eigenvalue weighted by atomic mass is 9.90. The highest BCUT2D eigenvalue weighted by molar-refractivity contribution is 6.30. The minimum absolute atomic E-state index is 0.0599. The Kier molecular flexibility index (Phi) is 3.69. The molecule has 1 aromatic rings. The van der Waals surface area contributed by atoms with Crippen LogP contribution in [0.2, 0.25) is 5.02 Å². The predicted molar refractivity (Wildman–Crippen MR) is 75.6 cm³/mol. The average molecular weight is 332 g/mol. The summed E-state index contributed by atoms with van der Waals surface area (Å²) in [6, 6.07) is 3.97. The van der Waals surface area contributed by atoms with Gasteiger partial charge in [0.1, 0.15) is 6.61 Å². The summed E-state index contributed by atoms with van der Waals surface area (Å²) in [5.41, 5.74) is -2.81. The van der Waals surface area contributed by atoms with Crippen LogP contribution >= 0.6 is 11.6 Å². The first-order valence-electron chi connectivity index (χ1n) is 6.82. The van der Waals surface area contributed by atoms with Gasteiger partial charge in [-0.2, -0.15) is 13.2 Å². The molecule has 22 heavy (non-hydrogen) atoms. The minimum atomic E-state index is -4.72. The molecule has 1 heterocycles. The van der Waals surface area contributed by atoms with Crippen LogP contribution in [0.15, 0.2) is 30.4 Å². The van der Waals surface area contributed by atoms with Gasteiger partial charge in [0.15, 0.2) is 0 Å². The van der Waals surface area contributed by atoms with Gasteiger partial charge in [0.2, 0.25) is 11.5 Å². The quantitative estimate of drug-likeness (QED) is 0.831. The molecular formula is C15H13ClF3NO2. The number of fused-ring (bicyclic) bond motifs is 1. The first kappa shape index (κ1) is 15.4. The number of allylic oxidation sites excluding steroid dienone is 1. The normalized spacial score (nSPS) is 25.7. The maximum Gasteiger partial charge on any atom is 0.425 e. The third-order valence-electron chi connectivity index (χ3n) is 3.73. The van der Waals surface area contributed by atoms with E-state index in [2.05, 4.69) is 5.32 Å². The smallest absolute Gasteiger partial charge is 0.347 e. The minimum Gasteiger partial charge on any atom is -0.347 e. The van der Waals surface area contributed by atoms with Crippen LogP contribution in [0, 0.1) is 5.92 Å². The molecule has 0 saturated heterocycles. The molecule has 7 heteroatoms. The van der Waals surface area contributed by atoms with E-state index >= 15 is 0 Å². The van der Waals surface area contributed by atoms with E-state index in [1.807, 2.05) is 0 Å². The second-order valence-corrected chi connectivity index (χ2v) is 5.89. The van der Waals surface area contributed by atoms with E-state index in [-0.39, 0.29) is 22.2 Å². The predicted octanol–water partition coefficient (Wildman–Crippen LogP) is 4.03. The number of nitrogens with one attached hydrogen (secondary N) is 1. The van der Waals surface area contributed by atoms with E-state index in [0.29, 0.717) is 0 Å². The van der Waals surface area contributed by atoms with Crippen molar-refractivity contribution >= 4 is 23.2 Å². The van der Waals surface area contributed by atoms with Crippen molar-refractivity contribution in [3.8, 4) is 0 Å². The molecule has 118 valence electrons. The lowest BCUT2D eigenvalue weighted by Gasteiger charge is -2.32. The summed E-state index contributed by atoms with van der Waals surface area (Å²) < 4.78 is 46.5. The average Bonchev–Trinajstić information content (AvgIpc) is 3.24. The Morgan fingerprint density at radius 3 is 2.73 bits per heavy atom. The molecule has 1 saturated carbocycles. The molecule has 0 spiro atoms. The van der Waals surface area contributed by atoms with Crippen LogP contribution < -0.4 is 5.32 Å². The molecule has 1 fully saturated rings. The number of alkyl halides is 3. The molecule has 1 atom stereocenters. The van der Waals surface area contributed by atoms with Crippen molar-refractivity contribution in [2.24, 2.45) is 5.92 Å². The monoisotopic (exact) mass is 331 g/mol. The van der Waals surface area contributed by atoms with Gasteiger partial charge in [0.25, 0.3) is 0 Å². The van der Waals surface area contributed by atoms with Crippen molar-refractivity contribution in [3.63, 3.8) is 0 Å². The molecule has 1 aliphatic carbocycles. The van der Waals surface area contributed by atoms with Crippen molar-refractivity contribution in [2.75, 3.05) is 11.9 Å². The molecule has 1 amide bonds. The molecule has 1 aliphatic heterocycles. The molecule has 0 bridgehead atoms. The summed E-state index contributed by atoms with van der Waals surface area (Å²) in [7, 11) is 0. The fourth-order valence-electron chi connectivity index (χ4n) is 2.40. The van der Waals surface area contributed by atoms with Crippen molar-refractivity contribution in [3.05, 3.63) is 40.9 Å². The first-order valence-corrected chi connectivity index (χ1v) is 7.19. The van der Waals surface area contributed by atoms with Crippen molar-refractivity contribution < 1.29 is 22.7 Å². The number of benzene rings is 1.